The molecule has 0 fully saturated rings. The summed E-state index contributed by atoms with van der Waals surface area (Å²) >= 11 is 5.90. The fraction of sp³-hybridized carbons (Fsp3) is 0.0714. The Labute approximate surface area is 119 Å². The summed E-state index contributed by atoms with van der Waals surface area (Å²) in [4.78, 5) is 20.5. The number of hydrogen-bond donors (Lipinski definition) is 0. The van der Waals surface area contributed by atoms with E-state index in [4.69, 9.17) is 16.3 Å². The van der Waals surface area contributed by atoms with Crippen LogP contribution in [0.3, 0.4) is 0 Å². The van der Waals surface area contributed by atoms with Gasteiger partial charge < -0.3 is 4.74 Å². The van der Waals surface area contributed by atoms with E-state index in [1.807, 2.05) is 0 Å². The SMILES string of the molecule is COc1ccc(-n2c(=O)c(Cl)nc3cccnc32)cc1. The highest BCUT2D eigenvalue weighted by atomic mass is 35.5. The molecule has 3 rings (SSSR count). The van der Waals surface area contributed by atoms with Crippen LogP contribution in [0.15, 0.2) is 47.4 Å². The quantitative estimate of drug-likeness (QED) is 0.726. The van der Waals surface area contributed by atoms with Gasteiger partial charge in [0.25, 0.3) is 5.56 Å². The molecule has 2 aromatic heterocycles. The van der Waals surface area contributed by atoms with Crippen LogP contribution in [0.4, 0.5) is 0 Å². The monoisotopic (exact) mass is 287 g/mol. The zero-order chi connectivity index (χ0) is 14.1. The molecule has 0 aliphatic carbocycles. The van der Waals surface area contributed by atoms with E-state index in [0.29, 0.717) is 22.6 Å². The van der Waals surface area contributed by atoms with Crippen molar-refractivity contribution in [2.45, 2.75) is 0 Å². The highest BCUT2D eigenvalue weighted by Crippen LogP contribution is 2.18. The summed E-state index contributed by atoms with van der Waals surface area (Å²) < 4.78 is 6.54. The standard InChI is InChI=1S/C14H10ClN3O2/c1-20-10-6-4-9(5-7-10)18-13-11(3-2-8-16-13)17-12(15)14(18)19/h2-8H,1H3. The molecule has 5 nitrogen and oxygen atoms in total. The van der Waals surface area contributed by atoms with Gasteiger partial charge in [0, 0.05) is 6.20 Å². The normalized spacial score (nSPS) is 10.7. The van der Waals surface area contributed by atoms with Gasteiger partial charge in [0.05, 0.1) is 12.8 Å². The molecule has 0 saturated carbocycles. The molecule has 0 N–H and O–H groups in total. The molecule has 1 aromatic carbocycles. The van der Waals surface area contributed by atoms with Gasteiger partial charge in [-0.3, -0.25) is 9.36 Å². The molecule has 100 valence electrons. The number of ether oxygens (including phenoxy) is 1. The fourth-order valence-corrected chi connectivity index (χ4v) is 2.14. The first-order valence-corrected chi connectivity index (χ1v) is 6.26. The van der Waals surface area contributed by atoms with Gasteiger partial charge in [0.15, 0.2) is 10.8 Å². The topological polar surface area (TPSA) is 57.0 Å². The van der Waals surface area contributed by atoms with E-state index in [1.54, 1.807) is 49.7 Å². The van der Waals surface area contributed by atoms with E-state index in [-0.39, 0.29) is 5.15 Å². The van der Waals surface area contributed by atoms with Crippen molar-refractivity contribution in [3.05, 3.63) is 58.1 Å². The maximum absolute atomic E-state index is 12.2. The van der Waals surface area contributed by atoms with E-state index in [9.17, 15) is 4.79 Å². The van der Waals surface area contributed by atoms with Crippen molar-refractivity contribution in [2.75, 3.05) is 7.11 Å². The summed E-state index contributed by atoms with van der Waals surface area (Å²) in [6.07, 6.45) is 1.61. The first-order valence-electron chi connectivity index (χ1n) is 5.88. The van der Waals surface area contributed by atoms with Crippen LogP contribution in [0.25, 0.3) is 16.9 Å². The first kappa shape index (κ1) is 12.6. The lowest BCUT2D eigenvalue weighted by Gasteiger charge is -2.09. The van der Waals surface area contributed by atoms with Crippen LogP contribution in [0.1, 0.15) is 0 Å². The molecule has 0 atom stereocenters. The minimum absolute atomic E-state index is 0.0821. The van der Waals surface area contributed by atoms with Crippen molar-refractivity contribution in [3.63, 3.8) is 0 Å². The van der Waals surface area contributed by atoms with Gasteiger partial charge in [-0.1, -0.05) is 11.6 Å². The predicted octanol–water partition coefficient (Wildman–Crippen LogP) is 2.44. The molecule has 3 aromatic rings. The van der Waals surface area contributed by atoms with Crippen LogP contribution < -0.4 is 10.3 Å². The largest absolute Gasteiger partial charge is 0.497 e. The minimum Gasteiger partial charge on any atom is -0.497 e. The number of fused-ring (bicyclic) bond motifs is 1. The Morgan fingerprint density at radius 3 is 2.65 bits per heavy atom. The van der Waals surface area contributed by atoms with E-state index in [0.717, 1.165) is 0 Å². The molecule has 0 unspecified atom stereocenters. The van der Waals surface area contributed by atoms with E-state index < -0.39 is 5.56 Å². The van der Waals surface area contributed by atoms with Gasteiger partial charge in [-0.05, 0) is 36.4 Å². The second-order valence-electron chi connectivity index (χ2n) is 4.09. The van der Waals surface area contributed by atoms with Crippen molar-refractivity contribution in [2.24, 2.45) is 0 Å². The molecule has 0 amide bonds. The highest BCUT2D eigenvalue weighted by Gasteiger charge is 2.11. The van der Waals surface area contributed by atoms with Gasteiger partial charge in [-0.15, -0.1) is 0 Å². The molecule has 2 heterocycles. The highest BCUT2D eigenvalue weighted by molar-refractivity contribution is 6.29. The average molecular weight is 288 g/mol. The lowest BCUT2D eigenvalue weighted by atomic mass is 10.3. The van der Waals surface area contributed by atoms with Crippen LogP contribution in [0.2, 0.25) is 5.15 Å². The summed E-state index contributed by atoms with van der Waals surface area (Å²) in [5.74, 6) is 0.708. The third-order valence-electron chi connectivity index (χ3n) is 2.91. The number of hydrogen-bond acceptors (Lipinski definition) is 4. The first-order chi connectivity index (χ1) is 9.70. The van der Waals surface area contributed by atoms with Crippen molar-refractivity contribution >= 4 is 22.8 Å². The van der Waals surface area contributed by atoms with Crippen LogP contribution in [0, 0.1) is 0 Å². The van der Waals surface area contributed by atoms with E-state index in [2.05, 4.69) is 9.97 Å². The number of aromatic nitrogens is 3. The van der Waals surface area contributed by atoms with E-state index >= 15 is 0 Å². The second-order valence-corrected chi connectivity index (χ2v) is 4.45. The number of pyridine rings is 1. The molecular weight excluding hydrogens is 278 g/mol. The average Bonchev–Trinajstić information content (AvgIpc) is 2.49. The van der Waals surface area contributed by atoms with Crippen molar-refractivity contribution in [3.8, 4) is 11.4 Å². The zero-order valence-corrected chi connectivity index (χ0v) is 11.3. The fourth-order valence-electron chi connectivity index (χ4n) is 1.96. The zero-order valence-electron chi connectivity index (χ0n) is 10.6. The Morgan fingerprint density at radius 2 is 1.95 bits per heavy atom. The molecule has 0 spiro atoms. The number of benzene rings is 1. The third-order valence-corrected chi connectivity index (χ3v) is 3.15. The minimum atomic E-state index is -0.400. The van der Waals surface area contributed by atoms with Crippen molar-refractivity contribution in [1.29, 1.82) is 0 Å². The third kappa shape index (κ3) is 2.02. The molecule has 0 bridgehead atoms. The summed E-state index contributed by atoms with van der Waals surface area (Å²) in [6, 6.07) is 10.6. The van der Waals surface area contributed by atoms with Crippen molar-refractivity contribution in [1.82, 2.24) is 14.5 Å². The molecule has 0 aliphatic heterocycles. The number of rotatable bonds is 2. The summed E-state index contributed by atoms with van der Waals surface area (Å²) in [5.41, 5.74) is 1.28. The Bertz CT molecular complexity index is 828. The van der Waals surface area contributed by atoms with Crippen molar-refractivity contribution < 1.29 is 4.74 Å². The van der Waals surface area contributed by atoms with Gasteiger partial charge in [-0.25, -0.2) is 9.97 Å². The number of halogens is 1. The maximum atomic E-state index is 12.2. The molecule has 0 saturated heterocycles. The Hall–Kier alpha value is -2.40. The Morgan fingerprint density at radius 1 is 1.20 bits per heavy atom. The second kappa shape index (κ2) is 4.94. The van der Waals surface area contributed by atoms with Crippen LogP contribution >= 0.6 is 11.6 Å². The summed E-state index contributed by atoms with van der Waals surface area (Å²) in [6.45, 7) is 0. The predicted molar refractivity (Wildman–Crippen MR) is 76.7 cm³/mol. The van der Waals surface area contributed by atoms with Crippen LogP contribution in [-0.2, 0) is 0 Å². The number of nitrogens with zero attached hydrogens (tertiary/aromatic N) is 3. The maximum Gasteiger partial charge on any atom is 0.294 e. The van der Waals surface area contributed by atoms with Gasteiger partial charge in [0.1, 0.15) is 11.3 Å². The molecule has 0 aliphatic rings. The Balaban J connectivity index is 2.33. The summed E-state index contributed by atoms with van der Waals surface area (Å²) in [7, 11) is 1.58. The van der Waals surface area contributed by atoms with Gasteiger partial charge in [-0.2, -0.15) is 0 Å². The summed E-state index contributed by atoms with van der Waals surface area (Å²) in [5, 5.41) is -0.0821. The van der Waals surface area contributed by atoms with Gasteiger partial charge >= 0.3 is 0 Å². The molecule has 0 radical (unpaired) electrons. The van der Waals surface area contributed by atoms with Gasteiger partial charge in [0.2, 0.25) is 0 Å². The lowest BCUT2D eigenvalue weighted by molar-refractivity contribution is 0.414. The van der Waals surface area contributed by atoms with Crippen LogP contribution in [0.5, 0.6) is 5.75 Å². The molecule has 6 heteroatoms. The molecular formula is C14H10ClN3O2. The van der Waals surface area contributed by atoms with E-state index in [1.165, 1.54) is 4.57 Å². The number of methoxy groups -OCH3 is 1. The van der Waals surface area contributed by atoms with Crippen LogP contribution in [-0.4, -0.2) is 21.6 Å². The molecule has 20 heavy (non-hydrogen) atoms. The lowest BCUT2D eigenvalue weighted by Crippen LogP contribution is -2.21. The Kier molecular flexibility index (Phi) is 3.12. The smallest absolute Gasteiger partial charge is 0.294 e.